The lowest BCUT2D eigenvalue weighted by Gasteiger charge is -2.47. The maximum Gasteiger partial charge on any atom is 0.346 e. The van der Waals surface area contributed by atoms with Gasteiger partial charge < -0.3 is 15.0 Å². The Labute approximate surface area is 202 Å². The predicted molar refractivity (Wildman–Crippen MR) is 125 cm³/mol. The Balaban J connectivity index is 1.44. The van der Waals surface area contributed by atoms with Gasteiger partial charge in [0.2, 0.25) is 5.91 Å². The van der Waals surface area contributed by atoms with E-state index in [-0.39, 0.29) is 5.91 Å². The number of alkyl halides is 2. The van der Waals surface area contributed by atoms with Gasteiger partial charge in [-0.2, -0.15) is 8.78 Å². The molecular weight excluding hydrogens is 456 g/mol. The van der Waals surface area contributed by atoms with E-state index in [2.05, 4.69) is 20.5 Å². The highest BCUT2D eigenvalue weighted by Crippen LogP contribution is 2.40. The number of carbonyl (C=O) groups excluding carboxylic acids is 2. The number of hydrazine groups is 1. The molecule has 1 spiro atoms. The van der Waals surface area contributed by atoms with Crippen LogP contribution in [0.1, 0.15) is 24.4 Å². The van der Waals surface area contributed by atoms with Crippen molar-refractivity contribution in [1.29, 1.82) is 0 Å². The van der Waals surface area contributed by atoms with Gasteiger partial charge in [-0.15, -0.1) is 0 Å². The molecule has 35 heavy (non-hydrogen) atoms. The first-order valence-electron chi connectivity index (χ1n) is 11.8. The summed E-state index contributed by atoms with van der Waals surface area (Å²) in [5.74, 6) is -0.580. The third-order valence-corrected chi connectivity index (χ3v) is 7.44. The van der Waals surface area contributed by atoms with Crippen molar-refractivity contribution in [2.45, 2.75) is 43.2 Å². The molecule has 3 aliphatic heterocycles. The smallest absolute Gasteiger partial charge is 0.339 e. The van der Waals surface area contributed by atoms with Crippen molar-refractivity contribution in [3.63, 3.8) is 0 Å². The molecule has 2 aromatic carbocycles. The van der Waals surface area contributed by atoms with E-state index in [0.29, 0.717) is 32.6 Å². The van der Waals surface area contributed by atoms with Crippen molar-refractivity contribution in [3.05, 3.63) is 66.2 Å². The van der Waals surface area contributed by atoms with Gasteiger partial charge in [0, 0.05) is 25.8 Å². The minimum Gasteiger partial charge on any atom is -0.339 e. The topological polar surface area (TPSA) is 77.2 Å². The van der Waals surface area contributed by atoms with E-state index in [9.17, 15) is 18.4 Å². The lowest BCUT2D eigenvalue weighted by atomic mass is 9.83. The molecule has 186 valence electrons. The summed E-state index contributed by atoms with van der Waals surface area (Å²) in [6.07, 6.45) is -0.193. The third kappa shape index (κ3) is 4.26. The van der Waals surface area contributed by atoms with Gasteiger partial charge in [0.05, 0.1) is 18.8 Å². The van der Waals surface area contributed by atoms with Crippen molar-refractivity contribution in [3.8, 4) is 0 Å². The Morgan fingerprint density at radius 3 is 2.26 bits per heavy atom. The second kappa shape index (κ2) is 9.52. The van der Waals surface area contributed by atoms with Gasteiger partial charge in [0.1, 0.15) is 5.54 Å². The van der Waals surface area contributed by atoms with Crippen molar-refractivity contribution >= 4 is 17.5 Å². The first-order valence-corrected chi connectivity index (χ1v) is 11.8. The fourth-order valence-corrected chi connectivity index (χ4v) is 5.78. The molecule has 8 nitrogen and oxygen atoms in total. The minimum atomic E-state index is -3.07. The number of ether oxygens (including phenoxy) is 1. The number of hydrogen-bond donors (Lipinski definition) is 2. The molecule has 10 heteroatoms. The molecule has 3 saturated heterocycles. The number of para-hydroxylation sites is 1. The number of likely N-dealkylation sites (tertiary alicyclic amines) is 1. The van der Waals surface area contributed by atoms with E-state index in [1.807, 2.05) is 60.7 Å². The fraction of sp³-hybridized carbons (Fsp3) is 0.440. The number of amides is 2. The lowest BCUT2D eigenvalue weighted by Crippen LogP contribution is -2.59. The van der Waals surface area contributed by atoms with Crippen molar-refractivity contribution < 1.29 is 23.1 Å². The van der Waals surface area contributed by atoms with Crippen LogP contribution in [0.2, 0.25) is 0 Å². The maximum absolute atomic E-state index is 13.2. The van der Waals surface area contributed by atoms with E-state index >= 15 is 0 Å². The monoisotopic (exact) mass is 485 g/mol. The van der Waals surface area contributed by atoms with Crippen LogP contribution in [0.3, 0.4) is 0 Å². The van der Waals surface area contributed by atoms with Crippen LogP contribution in [-0.2, 0) is 14.3 Å². The zero-order chi connectivity index (χ0) is 24.6. The van der Waals surface area contributed by atoms with Crippen LogP contribution >= 0.6 is 0 Å². The summed E-state index contributed by atoms with van der Waals surface area (Å²) in [6, 6.07) is 18.3. The van der Waals surface area contributed by atoms with Gasteiger partial charge in [-0.25, -0.2) is 5.01 Å². The molecule has 3 fully saturated rings. The van der Waals surface area contributed by atoms with Crippen molar-refractivity contribution in [2.75, 3.05) is 31.7 Å². The Bertz CT molecular complexity index is 1050. The van der Waals surface area contributed by atoms with E-state index in [1.165, 1.54) is 0 Å². The summed E-state index contributed by atoms with van der Waals surface area (Å²) in [5, 5.41) is 4.57. The molecule has 0 saturated carbocycles. The van der Waals surface area contributed by atoms with Gasteiger partial charge >= 0.3 is 6.61 Å². The van der Waals surface area contributed by atoms with E-state index in [1.54, 1.807) is 12.1 Å². The summed E-state index contributed by atoms with van der Waals surface area (Å²) in [7, 11) is 1.67. The molecular formula is C25H29F2N5O3. The van der Waals surface area contributed by atoms with Crippen LogP contribution in [-0.4, -0.2) is 72.8 Å². The molecule has 0 radical (unpaired) electrons. The Kier molecular flexibility index (Phi) is 6.43. The van der Waals surface area contributed by atoms with Gasteiger partial charge in [-0.05, 0) is 30.5 Å². The number of likely N-dealkylation sites (N-methyl/N-ethyl adjacent to an activating group) is 1. The van der Waals surface area contributed by atoms with Crippen molar-refractivity contribution in [2.24, 2.45) is 0 Å². The van der Waals surface area contributed by atoms with E-state index in [4.69, 9.17) is 4.74 Å². The molecule has 0 aliphatic carbocycles. The number of carbonyl (C=O) groups is 2. The van der Waals surface area contributed by atoms with Crippen LogP contribution in [0.5, 0.6) is 0 Å². The normalized spacial score (nSPS) is 25.8. The molecule has 0 aromatic heterocycles. The number of nitrogens with zero attached hydrogens (tertiary/aromatic N) is 3. The lowest BCUT2D eigenvalue weighted by molar-refractivity contribution is -0.179. The molecule has 5 rings (SSSR count). The van der Waals surface area contributed by atoms with Crippen LogP contribution in [0.25, 0.3) is 0 Å². The number of nitrogens with one attached hydrogen (secondary N) is 2. The average molecular weight is 486 g/mol. The molecule has 3 aliphatic rings. The standard InChI is InChI=1S/C25H29F2N5O3/c1-30-20(21(22(33)29-30)35-24(26)27)19(17-8-4-2-5-9-17)31-14-12-25(13-15-31)23(34)28-16-32(25)18-10-6-3-7-11-18/h2-11,19-21,24H,12-16H2,1H3,(H,28,34)(H,29,33). The summed E-state index contributed by atoms with van der Waals surface area (Å²) in [5.41, 5.74) is 3.84. The summed E-state index contributed by atoms with van der Waals surface area (Å²) >= 11 is 0. The zero-order valence-electron chi connectivity index (χ0n) is 19.4. The summed E-state index contributed by atoms with van der Waals surface area (Å²) in [6.45, 7) is -1.52. The van der Waals surface area contributed by atoms with Gasteiger partial charge in [-0.3, -0.25) is 19.9 Å². The number of benzene rings is 2. The average Bonchev–Trinajstić information content (AvgIpc) is 3.32. The number of anilines is 1. The molecule has 3 heterocycles. The van der Waals surface area contributed by atoms with Crippen molar-refractivity contribution in [1.82, 2.24) is 20.7 Å². The minimum absolute atomic E-state index is 0.00556. The van der Waals surface area contributed by atoms with E-state index in [0.717, 1.165) is 11.3 Å². The van der Waals surface area contributed by atoms with Crippen LogP contribution in [0.4, 0.5) is 14.5 Å². The SMILES string of the molecule is CN1NC(=O)C(OC(F)F)C1C(c1ccccc1)N1CCC2(CC1)C(=O)NCN2c1ccccc1. The zero-order valence-corrected chi connectivity index (χ0v) is 19.4. The fourth-order valence-electron chi connectivity index (χ4n) is 5.78. The van der Waals surface area contributed by atoms with Crippen LogP contribution in [0.15, 0.2) is 60.7 Å². The van der Waals surface area contributed by atoms with Gasteiger partial charge in [0.25, 0.3) is 5.91 Å². The van der Waals surface area contributed by atoms with E-state index < -0.39 is 36.2 Å². The maximum atomic E-state index is 13.2. The number of rotatable bonds is 6. The number of piperidine rings is 1. The highest BCUT2D eigenvalue weighted by molar-refractivity contribution is 5.93. The second-order valence-corrected chi connectivity index (χ2v) is 9.25. The predicted octanol–water partition coefficient (Wildman–Crippen LogP) is 2.11. The molecule has 2 aromatic rings. The Hall–Kier alpha value is -3.08. The largest absolute Gasteiger partial charge is 0.346 e. The highest BCUT2D eigenvalue weighted by Gasteiger charge is 2.53. The molecule has 3 atom stereocenters. The molecule has 2 amide bonds. The molecule has 2 N–H and O–H groups in total. The summed E-state index contributed by atoms with van der Waals surface area (Å²) in [4.78, 5) is 29.9. The third-order valence-electron chi connectivity index (χ3n) is 7.44. The highest BCUT2D eigenvalue weighted by atomic mass is 19.3. The van der Waals surface area contributed by atoms with Crippen LogP contribution < -0.4 is 15.6 Å². The summed E-state index contributed by atoms with van der Waals surface area (Å²) < 4.78 is 31.3. The number of hydrogen-bond acceptors (Lipinski definition) is 6. The Morgan fingerprint density at radius 1 is 1.00 bits per heavy atom. The first kappa shape index (κ1) is 23.7. The van der Waals surface area contributed by atoms with Crippen LogP contribution in [0, 0.1) is 0 Å². The second-order valence-electron chi connectivity index (χ2n) is 9.25. The molecule has 3 unspecified atom stereocenters. The Morgan fingerprint density at radius 2 is 1.63 bits per heavy atom. The number of halogens is 2. The van der Waals surface area contributed by atoms with Gasteiger partial charge in [-0.1, -0.05) is 48.5 Å². The quantitative estimate of drug-likeness (QED) is 0.653. The first-order chi connectivity index (χ1) is 16.9. The van der Waals surface area contributed by atoms with Gasteiger partial charge in [0.15, 0.2) is 6.10 Å². The molecule has 0 bridgehead atoms.